The number of carbonyl (C=O) groups is 1. The average Bonchev–Trinajstić information content (AvgIpc) is 2.77. The molecule has 154 valence electrons. The second-order valence-corrected chi connectivity index (χ2v) is 7.58. The second kappa shape index (κ2) is 11.2. The molecule has 3 rings (SSSR count). The molecule has 30 heavy (non-hydrogen) atoms. The minimum atomic E-state index is -0.368. The molecule has 0 heterocycles. The van der Waals surface area contributed by atoms with Crippen molar-refractivity contribution in [3.8, 4) is 5.75 Å². The molecular weight excluding hydrogens is 442 g/mol. The smallest absolute Gasteiger partial charge is 0.262 e. The van der Waals surface area contributed by atoms with Crippen LogP contribution in [0.4, 0.5) is 5.69 Å². The zero-order valence-electron chi connectivity index (χ0n) is 16.7. The van der Waals surface area contributed by atoms with Crippen molar-refractivity contribution in [2.45, 2.75) is 26.0 Å². The Kier molecular flexibility index (Phi) is 8.03. The minimum Gasteiger partial charge on any atom is -0.488 e. The lowest BCUT2D eigenvalue weighted by Crippen LogP contribution is -2.36. The van der Waals surface area contributed by atoms with Crippen LogP contribution >= 0.6 is 15.9 Å². The van der Waals surface area contributed by atoms with Gasteiger partial charge in [0, 0.05) is 15.7 Å². The van der Waals surface area contributed by atoms with Gasteiger partial charge in [-0.1, -0.05) is 65.3 Å². The number of hydrogen-bond acceptors (Lipinski definition) is 4. The van der Waals surface area contributed by atoms with Gasteiger partial charge in [-0.2, -0.15) is 5.10 Å². The molecule has 0 bridgehead atoms. The van der Waals surface area contributed by atoms with Crippen LogP contribution in [0.25, 0.3) is 0 Å². The minimum absolute atomic E-state index is 0.190. The molecule has 3 aromatic carbocycles. The number of halogens is 1. The molecule has 6 heteroatoms. The number of nitrogens with zero attached hydrogens (tertiary/aromatic N) is 1. The molecule has 1 amide bonds. The third-order valence-corrected chi connectivity index (χ3v) is 4.91. The van der Waals surface area contributed by atoms with Crippen LogP contribution in [0.2, 0.25) is 0 Å². The highest BCUT2D eigenvalue weighted by molar-refractivity contribution is 9.10. The topological polar surface area (TPSA) is 62.7 Å². The van der Waals surface area contributed by atoms with Gasteiger partial charge in [0.2, 0.25) is 0 Å². The Labute approximate surface area is 185 Å². The number of ether oxygens (including phenoxy) is 1. The number of hydrogen-bond donors (Lipinski definition) is 2. The summed E-state index contributed by atoms with van der Waals surface area (Å²) in [6.45, 7) is 2.39. The molecule has 0 aliphatic rings. The summed E-state index contributed by atoms with van der Waals surface area (Å²) in [4.78, 5) is 12.5. The predicted molar refractivity (Wildman–Crippen MR) is 125 cm³/mol. The highest BCUT2D eigenvalue weighted by Gasteiger charge is 2.15. The molecule has 0 aliphatic heterocycles. The van der Waals surface area contributed by atoms with Gasteiger partial charge in [0.1, 0.15) is 18.4 Å². The fourth-order valence-corrected chi connectivity index (χ4v) is 3.29. The number of amides is 1. The summed E-state index contributed by atoms with van der Waals surface area (Å²) in [5, 5.41) is 7.35. The number of carbonyl (C=O) groups excluding carboxylic acids is 1. The highest BCUT2D eigenvalue weighted by atomic mass is 79.9. The van der Waals surface area contributed by atoms with E-state index in [-0.39, 0.29) is 11.9 Å². The first kappa shape index (κ1) is 21.6. The SMILES string of the molecule is CCC(Nc1ccccc1)C(=O)NN=Cc1ccccc1OCc1cccc(Br)c1. The summed E-state index contributed by atoms with van der Waals surface area (Å²) < 4.78 is 6.96. The maximum Gasteiger partial charge on any atom is 0.262 e. The van der Waals surface area contributed by atoms with Crippen molar-refractivity contribution in [2.75, 3.05) is 5.32 Å². The highest BCUT2D eigenvalue weighted by Crippen LogP contribution is 2.19. The number of nitrogens with one attached hydrogen (secondary N) is 2. The van der Waals surface area contributed by atoms with Crippen LogP contribution < -0.4 is 15.5 Å². The first-order valence-corrected chi connectivity index (χ1v) is 10.6. The van der Waals surface area contributed by atoms with Gasteiger partial charge in [-0.3, -0.25) is 4.79 Å². The number of hydrazone groups is 1. The molecule has 5 nitrogen and oxygen atoms in total. The quantitative estimate of drug-likeness (QED) is 0.329. The summed E-state index contributed by atoms with van der Waals surface area (Å²) in [6, 6.07) is 24.8. The lowest BCUT2D eigenvalue weighted by Gasteiger charge is -2.16. The molecular formula is C24H24BrN3O2. The molecule has 3 aromatic rings. The van der Waals surface area contributed by atoms with Crippen molar-refractivity contribution in [1.29, 1.82) is 0 Å². The fourth-order valence-electron chi connectivity index (χ4n) is 2.84. The van der Waals surface area contributed by atoms with Crippen LogP contribution in [0.3, 0.4) is 0 Å². The maximum atomic E-state index is 12.5. The second-order valence-electron chi connectivity index (χ2n) is 6.66. The van der Waals surface area contributed by atoms with Gasteiger partial charge in [-0.25, -0.2) is 5.43 Å². The van der Waals surface area contributed by atoms with Crippen molar-refractivity contribution in [3.63, 3.8) is 0 Å². The van der Waals surface area contributed by atoms with Crippen LogP contribution in [0.15, 0.2) is 88.4 Å². The Morgan fingerprint density at radius 2 is 1.83 bits per heavy atom. The summed E-state index contributed by atoms with van der Waals surface area (Å²) in [5.41, 5.74) is 5.36. The van der Waals surface area contributed by atoms with Gasteiger partial charge in [0.05, 0.1) is 6.21 Å². The number of anilines is 1. The Hall–Kier alpha value is -3.12. The third-order valence-electron chi connectivity index (χ3n) is 4.42. The van der Waals surface area contributed by atoms with Crippen LogP contribution in [-0.4, -0.2) is 18.2 Å². The Balaban J connectivity index is 1.59. The number of rotatable bonds is 9. The first-order valence-electron chi connectivity index (χ1n) is 9.76. The molecule has 0 saturated heterocycles. The van der Waals surface area contributed by atoms with E-state index in [1.54, 1.807) is 6.21 Å². The number of para-hydroxylation sites is 2. The van der Waals surface area contributed by atoms with Crippen LogP contribution in [-0.2, 0) is 11.4 Å². The molecule has 1 unspecified atom stereocenters. The molecule has 0 saturated carbocycles. The summed E-state index contributed by atoms with van der Waals surface area (Å²) >= 11 is 3.47. The van der Waals surface area contributed by atoms with E-state index in [1.807, 2.05) is 85.8 Å². The van der Waals surface area contributed by atoms with Crippen LogP contribution in [0.5, 0.6) is 5.75 Å². The van der Waals surface area contributed by atoms with E-state index in [0.29, 0.717) is 18.8 Å². The normalized spacial score (nSPS) is 11.8. The van der Waals surface area contributed by atoms with Crippen molar-refractivity contribution in [3.05, 3.63) is 94.5 Å². The van der Waals surface area contributed by atoms with Crippen molar-refractivity contribution in [1.82, 2.24) is 5.43 Å². The first-order chi connectivity index (χ1) is 14.7. The lowest BCUT2D eigenvalue weighted by atomic mass is 10.2. The molecule has 0 fully saturated rings. The molecule has 0 aromatic heterocycles. The Bertz CT molecular complexity index is 993. The van der Waals surface area contributed by atoms with Gasteiger partial charge < -0.3 is 10.1 Å². The van der Waals surface area contributed by atoms with Gasteiger partial charge in [-0.15, -0.1) is 0 Å². The summed E-state index contributed by atoms with van der Waals surface area (Å²) in [6.07, 6.45) is 2.24. The summed E-state index contributed by atoms with van der Waals surface area (Å²) in [7, 11) is 0. The van der Waals surface area contributed by atoms with E-state index in [2.05, 4.69) is 31.8 Å². The van der Waals surface area contributed by atoms with Crippen molar-refractivity contribution < 1.29 is 9.53 Å². The zero-order chi connectivity index (χ0) is 21.2. The van der Waals surface area contributed by atoms with E-state index < -0.39 is 0 Å². The number of benzene rings is 3. The van der Waals surface area contributed by atoms with E-state index in [0.717, 1.165) is 21.3 Å². The maximum absolute atomic E-state index is 12.5. The van der Waals surface area contributed by atoms with Gasteiger partial charge >= 0.3 is 0 Å². The third kappa shape index (κ3) is 6.46. The van der Waals surface area contributed by atoms with E-state index in [4.69, 9.17) is 4.74 Å². The average molecular weight is 466 g/mol. The van der Waals surface area contributed by atoms with Gasteiger partial charge in [0.15, 0.2) is 0 Å². The Morgan fingerprint density at radius 1 is 1.07 bits per heavy atom. The lowest BCUT2D eigenvalue weighted by molar-refractivity contribution is -0.121. The molecule has 0 aliphatic carbocycles. The van der Waals surface area contributed by atoms with Crippen molar-refractivity contribution in [2.24, 2.45) is 5.10 Å². The molecule has 2 N–H and O–H groups in total. The fraction of sp³-hybridized carbons (Fsp3) is 0.167. The Morgan fingerprint density at radius 3 is 2.60 bits per heavy atom. The zero-order valence-corrected chi connectivity index (χ0v) is 18.3. The van der Waals surface area contributed by atoms with Gasteiger partial charge in [0.25, 0.3) is 5.91 Å². The monoisotopic (exact) mass is 465 g/mol. The van der Waals surface area contributed by atoms with E-state index in [9.17, 15) is 4.79 Å². The van der Waals surface area contributed by atoms with E-state index >= 15 is 0 Å². The van der Waals surface area contributed by atoms with Crippen LogP contribution in [0, 0.1) is 0 Å². The molecule has 0 spiro atoms. The largest absolute Gasteiger partial charge is 0.488 e. The molecule has 0 radical (unpaired) electrons. The van der Waals surface area contributed by atoms with Gasteiger partial charge in [-0.05, 0) is 48.4 Å². The summed E-state index contributed by atoms with van der Waals surface area (Å²) in [5.74, 6) is 0.509. The van der Waals surface area contributed by atoms with Crippen LogP contribution in [0.1, 0.15) is 24.5 Å². The van der Waals surface area contributed by atoms with E-state index in [1.165, 1.54) is 0 Å². The molecule has 1 atom stereocenters. The standard InChI is InChI=1S/C24H24BrN3O2/c1-2-22(27-21-12-4-3-5-13-21)24(29)28-26-16-19-10-6-7-14-23(19)30-17-18-9-8-11-20(25)15-18/h3-16,22,27H,2,17H2,1H3,(H,28,29). The predicted octanol–water partition coefficient (Wildman–Crippen LogP) is 5.37. The van der Waals surface area contributed by atoms with Crippen molar-refractivity contribution >= 4 is 33.7 Å².